The molecule has 1 aromatic carbocycles. The highest BCUT2D eigenvalue weighted by Gasteiger charge is 2.56. The van der Waals surface area contributed by atoms with Crippen LogP contribution in [-0.2, 0) is 60.8 Å². The summed E-state index contributed by atoms with van der Waals surface area (Å²) < 4.78 is 45.2. The number of carbonyl (C=O) groups excluding carboxylic acids is 8. The molecule has 12 heterocycles. The molecule has 0 saturated carbocycles. The maximum atomic E-state index is 15.2. The van der Waals surface area contributed by atoms with Gasteiger partial charge in [0, 0.05) is 49.8 Å². The highest BCUT2D eigenvalue weighted by atomic mass is 32.1. The van der Waals surface area contributed by atoms with Gasteiger partial charge in [-0.15, -0.1) is 56.7 Å². The SMILES string of the molecule is C=C(NC(=O)c1csc(-c2nc3c(cc2O)-c2nc(cs2)C(=O)N[C@@H]([C@@H](C)O)C(=O)N/C(=C(\C)OC)c2nc(cs2)C(=O)N[C@@H]2c4nc(cs4)C(=O)N[C@@H](COC(=O)c4c5c6c(cccc6n4O)COC(=O)[C@@H](O[C@H]4C[C@]6(C)OC(C)N(C)[C@@H]6[C@H](C)O4)[C@H]2OC5)c2nc-3cs2)n1)C(N)=O. The Morgan fingerprint density at radius 3 is 2.27 bits per heavy atom. The monoisotopic (exact) mass is 1450 g/mol. The topological polar surface area (TPSA) is 434 Å². The van der Waals surface area contributed by atoms with Gasteiger partial charge in [-0.2, -0.15) is 4.73 Å². The molecule has 13 rings (SSSR count). The summed E-state index contributed by atoms with van der Waals surface area (Å²) in [6.07, 6.45) is -7.15. The van der Waals surface area contributed by atoms with Gasteiger partial charge in [-0.05, 0) is 59.4 Å². The van der Waals surface area contributed by atoms with E-state index in [9.17, 15) is 34.6 Å². The number of amides is 6. The number of aliphatic hydroxyl groups excluding tert-OH is 1. The van der Waals surface area contributed by atoms with Crippen LogP contribution in [0.15, 0.2) is 69.2 Å². The van der Waals surface area contributed by atoms with E-state index in [2.05, 4.69) is 48.1 Å². The number of nitrogens with two attached hydrogens (primary N) is 1. The van der Waals surface area contributed by atoms with Crippen molar-refractivity contribution in [3.8, 4) is 38.4 Å². The zero-order valence-electron chi connectivity index (χ0n) is 53.2. The molecular weight excluding hydrogens is 1390 g/mol. The molecule has 5 aliphatic heterocycles. The minimum atomic E-state index is -1.85. The number of rotatable bonds is 8. The molecule has 11 atom stereocenters. The van der Waals surface area contributed by atoms with Crippen molar-refractivity contribution < 1.29 is 86.9 Å². The van der Waals surface area contributed by atoms with Crippen LogP contribution < -0.4 is 32.3 Å². The molecule has 1 unspecified atom stereocenters. The van der Waals surface area contributed by atoms with E-state index in [1.165, 1.54) is 60.0 Å². The summed E-state index contributed by atoms with van der Waals surface area (Å²) in [7, 11) is 3.22. The average Bonchev–Trinajstić information content (AvgIpc) is 1.61. The van der Waals surface area contributed by atoms with Crippen molar-refractivity contribution in [2.24, 2.45) is 5.73 Å². The number of nitrogens with one attached hydrogen (secondary N) is 5. The highest BCUT2D eigenvalue weighted by molar-refractivity contribution is 7.14. The fourth-order valence-corrected chi connectivity index (χ4v) is 16.5. The number of allylic oxidation sites excluding steroid dienone is 1. The lowest BCUT2D eigenvalue weighted by Gasteiger charge is -2.45. The zero-order valence-corrected chi connectivity index (χ0v) is 57.2. The molecule has 6 amide bonds. The van der Waals surface area contributed by atoms with Crippen LogP contribution in [0.25, 0.3) is 49.3 Å². The highest BCUT2D eigenvalue weighted by Crippen LogP contribution is 2.45. The van der Waals surface area contributed by atoms with Crippen LogP contribution in [0.5, 0.6) is 5.75 Å². The standard InChI is InChI=1S/C62H60N14O18S5/c1-22(49(63)79)64-50(80)32-19-98-58(69-32)43-37(78)12-28-42(71-43)31-17-96-56(66-31)30-16-91-60(85)45-29-15-89-46(47(61(86)90-14-27-10-9-11-36(39(27)29)76(45)87)93-38-13-62(6)48(25(4)92-38)75(7)26(5)94-62)44(59-70-33(20-99-59)51(81)65-30)74-53(83)35-21-97-57(68-35)41(24(3)88-8)73-54(84)40(23(2)77)72-52(82)34-18-95-55(28)67-34/h9-12,17-21,23,25-26,30,38,40,44,46-48,77-78,87H,1,13-16H2,2-8H3,(H2,63,79)(H,64,80)(H,65,81)(H,72,82)(H,73,84)(H,74,83)/b41-24+/t23-,25+,26?,30+,38+,40+,44+,46+,47+,48-,62+/m1/s1. The summed E-state index contributed by atoms with van der Waals surface area (Å²) in [6, 6.07) is 1.07. The summed E-state index contributed by atoms with van der Waals surface area (Å²) in [4.78, 5) is 144. The van der Waals surface area contributed by atoms with Crippen molar-refractivity contribution in [1.82, 2.24) is 66.1 Å². The summed E-state index contributed by atoms with van der Waals surface area (Å²) in [5.41, 5.74) is 2.83. The number of aliphatic hydroxyl groups is 1. The number of primary amides is 1. The summed E-state index contributed by atoms with van der Waals surface area (Å²) >= 11 is 4.53. The molecule has 12 bridgehead atoms. The number of pyridine rings is 1. The number of nitrogens with zero attached hydrogens (tertiary/aromatic N) is 8. The van der Waals surface area contributed by atoms with Crippen LogP contribution in [-0.4, -0.2) is 178 Å². The van der Waals surface area contributed by atoms with E-state index in [1.807, 2.05) is 32.7 Å². The van der Waals surface area contributed by atoms with Gasteiger partial charge in [-0.1, -0.05) is 18.7 Å². The number of fused-ring (bicyclic) bond motifs is 16. The Bertz CT molecular complexity index is 4690. The minimum absolute atomic E-state index is 0.00319. The number of methoxy groups -OCH3 is 1. The third-order valence-corrected chi connectivity index (χ3v) is 21.7. The fourth-order valence-electron chi connectivity index (χ4n) is 12.3. The molecule has 2 saturated heterocycles. The average molecular weight is 1450 g/mol. The van der Waals surface area contributed by atoms with Crippen molar-refractivity contribution in [3.63, 3.8) is 0 Å². The smallest absolute Gasteiger partial charge is 0.358 e. The molecule has 37 heteroatoms. The number of cyclic esters (lactones) is 2. The summed E-state index contributed by atoms with van der Waals surface area (Å²) in [5.74, 6) is -8.11. The number of thiazole rings is 5. The van der Waals surface area contributed by atoms with Gasteiger partial charge >= 0.3 is 11.9 Å². The quantitative estimate of drug-likeness (QED) is 0.0433. The number of likely N-dealkylation sites (N-methyl/N-ethyl adjacent to an activating group) is 1. The van der Waals surface area contributed by atoms with Gasteiger partial charge in [0.2, 0.25) is 5.91 Å². The van der Waals surface area contributed by atoms with Gasteiger partial charge in [0.25, 0.3) is 29.5 Å². The predicted molar refractivity (Wildman–Crippen MR) is 352 cm³/mol. The lowest BCUT2D eigenvalue weighted by molar-refractivity contribution is -0.269. The number of esters is 2. The molecular formula is C62H60N14O18S5. The molecule has 0 aliphatic carbocycles. The molecule has 32 nitrogen and oxygen atoms in total. The van der Waals surface area contributed by atoms with Crippen LogP contribution in [0.1, 0.15) is 132 Å². The van der Waals surface area contributed by atoms with Gasteiger partial charge < -0.3 is 80.9 Å². The van der Waals surface area contributed by atoms with Crippen LogP contribution in [0.4, 0.5) is 0 Å². The van der Waals surface area contributed by atoms with Crippen molar-refractivity contribution >= 4 is 121 Å². The number of benzene rings is 1. The van der Waals surface area contributed by atoms with Crippen LogP contribution in [0.3, 0.4) is 0 Å². The Morgan fingerprint density at radius 2 is 1.53 bits per heavy atom. The number of hydrogen-bond donors (Lipinski definition) is 9. The third-order valence-electron chi connectivity index (χ3n) is 17.2. The minimum Gasteiger partial charge on any atom is -0.506 e. The van der Waals surface area contributed by atoms with E-state index < -0.39 is 139 Å². The molecule has 0 spiro atoms. The van der Waals surface area contributed by atoms with E-state index in [0.717, 1.165) is 56.7 Å². The van der Waals surface area contributed by atoms with Crippen LogP contribution in [0, 0.1) is 0 Å². The Balaban J connectivity index is 0.983. The van der Waals surface area contributed by atoms with Crippen molar-refractivity contribution in [3.05, 3.63) is 124 Å². The van der Waals surface area contributed by atoms with Crippen molar-refractivity contribution in [1.29, 1.82) is 0 Å². The third kappa shape index (κ3) is 12.9. The molecule has 8 aromatic rings. The van der Waals surface area contributed by atoms with Gasteiger partial charge in [-0.3, -0.25) is 33.7 Å². The number of ether oxygens (including phenoxy) is 7. The van der Waals surface area contributed by atoms with Crippen LogP contribution in [0.2, 0.25) is 0 Å². The van der Waals surface area contributed by atoms with E-state index >= 15 is 19.2 Å². The number of aromatic hydroxyl groups is 1. The van der Waals surface area contributed by atoms with E-state index in [1.54, 1.807) is 12.1 Å². The first-order valence-corrected chi connectivity index (χ1v) is 34.7. The second kappa shape index (κ2) is 26.9. The van der Waals surface area contributed by atoms with Crippen molar-refractivity contribution in [2.45, 2.75) is 121 Å². The van der Waals surface area contributed by atoms with Gasteiger partial charge in [0.15, 0.2) is 18.1 Å². The predicted octanol–water partition coefficient (Wildman–Crippen LogP) is 4.65. The molecule has 10 N–H and O–H groups in total. The van der Waals surface area contributed by atoms with Gasteiger partial charge in [0.1, 0.15) is 126 Å². The normalized spacial score (nSPS) is 25.4. The molecule has 7 aromatic heterocycles. The second-order valence-electron chi connectivity index (χ2n) is 23.7. The molecule has 2 fully saturated rings. The Labute approximate surface area is 580 Å². The largest absolute Gasteiger partial charge is 0.506 e. The van der Waals surface area contributed by atoms with E-state index in [4.69, 9.17) is 53.8 Å². The molecule has 0 radical (unpaired) electrons. The zero-order chi connectivity index (χ0) is 70.2. The molecule has 516 valence electrons. The van der Waals surface area contributed by atoms with E-state index in [0.29, 0.717) is 10.3 Å². The van der Waals surface area contributed by atoms with Crippen LogP contribution >= 0.6 is 56.7 Å². The Hall–Kier alpha value is -9.54. The molecule has 5 aliphatic rings. The van der Waals surface area contributed by atoms with Gasteiger partial charge in [-0.25, -0.2) is 39.5 Å². The second-order valence-corrected chi connectivity index (χ2v) is 28.1. The first kappa shape index (κ1) is 68.0. The maximum absolute atomic E-state index is 15.2. The Kier molecular flexibility index (Phi) is 18.5. The first-order valence-electron chi connectivity index (χ1n) is 30.3. The lowest BCUT2D eigenvalue weighted by Crippen LogP contribution is -2.58. The van der Waals surface area contributed by atoms with Crippen molar-refractivity contribution in [2.75, 3.05) is 20.8 Å². The lowest BCUT2D eigenvalue weighted by atomic mass is 9.86. The van der Waals surface area contributed by atoms with E-state index in [-0.39, 0.29) is 117 Å². The maximum Gasteiger partial charge on any atom is 0.358 e. The first-order chi connectivity index (χ1) is 47.3. The Morgan fingerprint density at radius 1 is 0.848 bits per heavy atom. The number of aromatic nitrogens is 7. The number of hydrogen-bond acceptors (Lipinski definition) is 30. The van der Waals surface area contributed by atoms with Gasteiger partial charge in [0.05, 0.1) is 48.8 Å². The summed E-state index contributed by atoms with van der Waals surface area (Å²) in [6.45, 7) is 10.1. The number of carbonyl (C=O) groups is 8. The summed E-state index contributed by atoms with van der Waals surface area (Å²) in [5, 5.41) is 55.7. The fraction of sp³-hybridized carbons (Fsp3) is 0.355. The molecule has 99 heavy (non-hydrogen) atoms.